The fourth-order valence-corrected chi connectivity index (χ4v) is 1.58. The summed E-state index contributed by atoms with van der Waals surface area (Å²) in [5.74, 6) is 5.96. The minimum absolute atomic E-state index is 0.0292. The molecule has 0 atom stereocenters. The number of nitrogens with one attached hydrogen (secondary N) is 1. The molecule has 0 saturated heterocycles. The van der Waals surface area contributed by atoms with Crippen molar-refractivity contribution in [2.24, 2.45) is 11.8 Å². The molecule has 92 valence electrons. The number of nitro benzene ring substituents is 1. The van der Waals surface area contributed by atoms with E-state index in [0.29, 0.717) is 18.2 Å². The molecule has 6 heteroatoms. The third kappa shape index (κ3) is 3.15. The van der Waals surface area contributed by atoms with Crippen LogP contribution in [0.1, 0.15) is 18.4 Å². The number of hydrogen-bond donors (Lipinski definition) is 2. The average molecular weight is 237 g/mol. The van der Waals surface area contributed by atoms with Crippen LogP contribution >= 0.6 is 0 Å². The molecular formula is C11H15N3O3. The first-order valence-electron chi connectivity index (χ1n) is 5.52. The Balaban J connectivity index is 1.99. The number of nitrogen functional groups attached to an aromatic ring is 1. The first-order valence-corrected chi connectivity index (χ1v) is 5.52. The fraction of sp³-hybridized carbons (Fsp3) is 0.455. The Labute approximate surface area is 98.9 Å². The monoisotopic (exact) mass is 237 g/mol. The molecular weight excluding hydrogens is 222 g/mol. The maximum absolute atomic E-state index is 10.7. The van der Waals surface area contributed by atoms with Gasteiger partial charge in [0.1, 0.15) is 5.69 Å². The molecule has 6 nitrogen and oxygen atoms in total. The molecule has 1 aliphatic carbocycles. The number of benzene rings is 1. The number of nitrogens with zero attached hydrogens (tertiary/aromatic N) is 1. The third-order valence-electron chi connectivity index (χ3n) is 2.73. The summed E-state index contributed by atoms with van der Waals surface area (Å²) in [4.78, 5) is 10.2. The van der Waals surface area contributed by atoms with Crippen LogP contribution in [0.25, 0.3) is 0 Å². The zero-order valence-corrected chi connectivity index (χ0v) is 9.39. The van der Waals surface area contributed by atoms with Crippen LogP contribution in [0, 0.1) is 16.0 Å². The summed E-state index contributed by atoms with van der Waals surface area (Å²) >= 11 is 0. The van der Waals surface area contributed by atoms with E-state index in [0.717, 1.165) is 12.2 Å². The maximum Gasteiger partial charge on any atom is 0.293 e. The molecule has 17 heavy (non-hydrogen) atoms. The molecule has 1 aliphatic rings. The van der Waals surface area contributed by atoms with Crippen LogP contribution in [0.3, 0.4) is 0 Å². The van der Waals surface area contributed by atoms with Gasteiger partial charge in [0.25, 0.3) is 5.69 Å². The Morgan fingerprint density at radius 1 is 1.53 bits per heavy atom. The summed E-state index contributed by atoms with van der Waals surface area (Å²) in [7, 11) is 0. The van der Waals surface area contributed by atoms with Crippen molar-refractivity contribution in [2.45, 2.75) is 19.4 Å². The quantitative estimate of drug-likeness (QED) is 0.447. The number of hydrogen-bond acceptors (Lipinski definition) is 5. The molecule has 2 rings (SSSR count). The van der Waals surface area contributed by atoms with Crippen molar-refractivity contribution in [2.75, 3.05) is 12.0 Å². The van der Waals surface area contributed by atoms with Crippen LogP contribution in [-0.2, 0) is 11.3 Å². The molecule has 0 bridgehead atoms. The fourth-order valence-electron chi connectivity index (χ4n) is 1.58. The summed E-state index contributed by atoms with van der Waals surface area (Å²) in [6.45, 7) is 1.23. The highest BCUT2D eigenvalue weighted by atomic mass is 16.6. The molecule has 0 spiro atoms. The van der Waals surface area contributed by atoms with Crippen LogP contribution in [0.4, 0.5) is 11.4 Å². The lowest BCUT2D eigenvalue weighted by atomic mass is 10.2. The highest BCUT2D eigenvalue weighted by Gasteiger charge is 2.21. The first-order chi connectivity index (χ1) is 8.20. The van der Waals surface area contributed by atoms with Crippen molar-refractivity contribution in [3.63, 3.8) is 0 Å². The van der Waals surface area contributed by atoms with Gasteiger partial charge < -0.3 is 10.2 Å². The Morgan fingerprint density at radius 3 is 2.88 bits per heavy atom. The number of rotatable bonds is 6. The molecule has 3 N–H and O–H groups in total. The molecule has 1 aromatic carbocycles. The Kier molecular flexibility index (Phi) is 3.55. The third-order valence-corrected chi connectivity index (χ3v) is 2.73. The van der Waals surface area contributed by atoms with Gasteiger partial charge >= 0.3 is 0 Å². The van der Waals surface area contributed by atoms with E-state index in [4.69, 9.17) is 10.6 Å². The van der Waals surface area contributed by atoms with Crippen molar-refractivity contribution in [1.29, 1.82) is 0 Å². The number of ether oxygens (including phenoxy) is 1. The predicted octanol–water partition coefficient (Wildman–Crippen LogP) is 1.81. The minimum Gasteiger partial charge on any atom is -0.376 e. The number of nitrogens with two attached hydrogens (primary N) is 1. The van der Waals surface area contributed by atoms with Crippen molar-refractivity contribution in [1.82, 2.24) is 0 Å². The van der Waals surface area contributed by atoms with E-state index in [-0.39, 0.29) is 5.69 Å². The summed E-state index contributed by atoms with van der Waals surface area (Å²) in [5.41, 5.74) is 3.49. The summed E-state index contributed by atoms with van der Waals surface area (Å²) in [5, 5.41) is 10.7. The molecule has 0 heterocycles. The zero-order chi connectivity index (χ0) is 12.3. The molecule has 1 saturated carbocycles. The van der Waals surface area contributed by atoms with Gasteiger partial charge in [0.05, 0.1) is 11.5 Å². The largest absolute Gasteiger partial charge is 0.376 e. The second-order valence-corrected chi connectivity index (χ2v) is 4.21. The number of hydrazine groups is 1. The van der Waals surface area contributed by atoms with Gasteiger partial charge in [-0.2, -0.15) is 0 Å². The topological polar surface area (TPSA) is 90.4 Å². The van der Waals surface area contributed by atoms with E-state index >= 15 is 0 Å². The Hall–Kier alpha value is -1.66. The summed E-state index contributed by atoms with van der Waals surface area (Å²) in [6, 6.07) is 4.77. The molecule has 0 unspecified atom stereocenters. The van der Waals surface area contributed by atoms with Gasteiger partial charge in [-0.05, 0) is 36.5 Å². The van der Waals surface area contributed by atoms with E-state index in [1.54, 1.807) is 12.1 Å². The lowest BCUT2D eigenvalue weighted by molar-refractivity contribution is -0.384. The predicted molar refractivity (Wildman–Crippen MR) is 63.3 cm³/mol. The van der Waals surface area contributed by atoms with E-state index in [1.165, 1.54) is 18.9 Å². The van der Waals surface area contributed by atoms with Crippen LogP contribution in [0.5, 0.6) is 0 Å². The van der Waals surface area contributed by atoms with Gasteiger partial charge in [-0.25, -0.2) is 0 Å². The van der Waals surface area contributed by atoms with Crippen molar-refractivity contribution < 1.29 is 9.66 Å². The molecule has 1 aromatic rings. The molecule has 0 aliphatic heterocycles. The summed E-state index contributed by atoms with van der Waals surface area (Å²) < 4.78 is 5.51. The Morgan fingerprint density at radius 2 is 2.29 bits per heavy atom. The zero-order valence-electron chi connectivity index (χ0n) is 9.39. The van der Waals surface area contributed by atoms with Crippen LogP contribution in [0.15, 0.2) is 18.2 Å². The minimum atomic E-state index is -0.468. The van der Waals surface area contributed by atoms with E-state index in [1.807, 2.05) is 0 Å². The van der Waals surface area contributed by atoms with E-state index in [9.17, 15) is 10.1 Å². The lowest BCUT2D eigenvalue weighted by Gasteiger charge is -2.06. The summed E-state index contributed by atoms with van der Waals surface area (Å²) in [6.07, 6.45) is 2.49. The van der Waals surface area contributed by atoms with Gasteiger partial charge in [-0.15, -0.1) is 0 Å². The standard InChI is InChI=1S/C11H15N3O3/c12-13-10-5-9(3-4-11(10)14(15)16)7-17-6-8-1-2-8/h3-5,8,13H,1-2,6-7,12H2. The lowest BCUT2D eigenvalue weighted by Crippen LogP contribution is -2.09. The number of nitro groups is 1. The second-order valence-electron chi connectivity index (χ2n) is 4.21. The van der Waals surface area contributed by atoms with Gasteiger partial charge in [-0.3, -0.25) is 16.0 Å². The molecule has 0 amide bonds. The highest BCUT2D eigenvalue weighted by Crippen LogP contribution is 2.29. The molecule has 1 fully saturated rings. The van der Waals surface area contributed by atoms with Gasteiger partial charge in [0.15, 0.2) is 0 Å². The number of anilines is 1. The van der Waals surface area contributed by atoms with Crippen LogP contribution in [-0.4, -0.2) is 11.5 Å². The van der Waals surface area contributed by atoms with Crippen LogP contribution in [0.2, 0.25) is 0 Å². The normalized spacial score (nSPS) is 14.6. The average Bonchev–Trinajstić information content (AvgIpc) is 3.12. The molecule has 0 radical (unpaired) electrons. The van der Waals surface area contributed by atoms with E-state index in [2.05, 4.69) is 5.43 Å². The SMILES string of the molecule is NNc1cc(COCC2CC2)ccc1[N+](=O)[O-]. The smallest absolute Gasteiger partial charge is 0.293 e. The van der Waals surface area contributed by atoms with Crippen molar-refractivity contribution in [3.05, 3.63) is 33.9 Å². The first kappa shape index (κ1) is 11.8. The highest BCUT2D eigenvalue weighted by molar-refractivity contribution is 5.61. The second kappa shape index (κ2) is 5.11. The maximum atomic E-state index is 10.7. The van der Waals surface area contributed by atoms with Crippen LogP contribution < -0.4 is 11.3 Å². The van der Waals surface area contributed by atoms with Gasteiger partial charge in [-0.1, -0.05) is 0 Å². The Bertz CT molecular complexity index is 418. The van der Waals surface area contributed by atoms with E-state index < -0.39 is 4.92 Å². The molecule has 0 aromatic heterocycles. The van der Waals surface area contributed by atoms with Gasteiger partial charge in [0.2, 0.25) is 0 Å². The van der Waals surface area contributed by atoms with Crippen molar-refractivity contribution in [3.8, 4) is 0 Å². The van der Waals surface area contributed by atoms with Gasteiger partial charge in [0, 0.05) is 12.7 Å². The van der Waals surface area contributed by atoms with Crippen molar-refractivity contribution >= 4 is 11.4 Å².